The zero-order valence-electron chi connectivity index (χ0n) is 11.2. The van der Waals surface area contributed by atoms with Gasteiger partial charge in [0.1, 0.15) is 0 Å². The predicted octanol–water partition coefficient (Wildman–Crippen LogP) is 3.65. The summed E-state index contributed by atoms with van der Waals surface area (Å²) in [6.45, 7) is 4.12. The average Bonchev–Trinajstić information content (AvgIpc) is 2.81. The number of nitrogens with zero attached hydrogens (tertiary/aromatic N) is 1. The summed E-state index contributed by atoms with van der Waals surface area (Å²) in [5.41, 5.74) is 4.97. The molecule has 0 saturated heterocycles. The van der Waals surface area contributed by atoms with Crippen LogP contribution < -0.4 is 5.32 Å². The third-order valence-corrected chi connectivity index (χ3v) is 3.89. The van der Waals surface area contributed by atoms with Gasteiger partial charge in [-0.1, -0.05) is 0 Å². The molecule has 96 valence electrons. The average molecular weight is 260 g/mol. The van der Waals surface area contributed by atoms with Gasteiger partial charge in [-0.2, -0.15) is 11.3 Å². The van der Waals surface area contributed by atoms with Crippen LogP contribution in [-0.4, -0.2) is 12.0 Å². The summed E-state index contributed by atoms with van der Waals surface area (Å²) in [6.07, 6.45) is 2.24. The van der Waals surface area contributed by atoms with Gasteiger partial charge in [0.2, 0.25) is 0 Å². The monoisotopic (exact) mass is 260 g/mol. The molecule has 0 aromatic carbocycles. The van der Waals surface area contributed by atoms with E-state index >= 15 is 0 Å². The second kappa shape index (κ2) is 6.12. The molecule has 2 heterocycles. The van der Waals surface area contributed by atoms with Gasteiger partial charge in [-0.15, -0.1) is 0 Å². The van der Waals surface area contributed by atoms with E-state index < -0.39 is 0 Å². The van der Waals surface area contributed by atoms with Gasteiger partial charge in [0, 0.05) is 17.4 Å². The first kappa shape index (κ1) is 13.2. The van der Waals surface area contributed by atoms with Crippen molar-refractivity contribution in [2.24, 2.45) is 0 Å². The molecule has 1 unspecified atom stereocenters. The quantitative estimate of drug-likeness (QED) is 0.887. The summed E-state index contributed by atoms with van der Waals surface area (Å²) >= 11 is 1.77. The summed E-state index contributed by atoms with van der Waals surface area (Å²) < 4.78 is 0. The molecular weight excluding hydrogens is 240 g/mol. The lowest BCUT2D eigenvalue weighted by Gasteiger charge is -2.17. The van der Waals surface area contributed by atoms with Crippen LogP contribution in [0.1, 0.15) is 35.0 Å². The van der Waals surface area contributed by atoms with Crippen molar-refractivity contribution in [3.8, 4) is 0 Å². The van der Waals surface area contributed by atoms with Crippen molar-refractivity contribution in [3.05, 3.63) is 51.5 Å². The lowest BCUT2D eigenvalue weighted by molar-refractivity contribution is 0.548. The van der Waals surface area contributed by atoms with Crippen LogP contribution in [0, 0.1) is 13.8 Å². The SMILES string of the molecule is CNC(CCc1ccsc1)c1cc(C)nc(C)c1. The highest BCUT2D eigenvalue weighted by Gasteiger charge is 2.10. The molecule has 0 aliphatic heterocycles. The summed E-state index contributed by atoms with van der Waals surface area (Å²) in [4.78, 5) is 4.43. The fraction of sp³-hybridized carbons (Fsp3) is 0.400. The Morgan fingerprint density at radius 3 is 2.56 bits per heavy atom. The zero-order valence-corrected chi connectivity index (χ0v) is 12.1. The fourth-order valence-corrected chi connectivity index (χ4v) is 2.99. The van der Waals surface area contributed by atoms with Gasteiger partial charge in [0.05, 0.1) is 0 Å². The van der Waals surface area contributed by atoms with E-state index in [1.54, 1.807) is 11.3 Å². The van der Waals surface area contributed by atoms with Crippen molar-refractivity contribution in [1.29, 1.82) is 0 Å². The number of aryl methyl sites for hydroxylation is 3. The summed E-state index contributed by atoms with van der Waals surface area (Å²) in [6, 6.07) is 6.98. The predicted molar refractivity (Wildman–Crippen MR) is 78.2 cm³/mol. The molecule has 0 bridgehead atoms. The Kier molecular flexibility index (Phi) is 4.50. The molecule has 0 aliphatic carbocycles. The Bertz CT molecular complexity index is 471. The molecular formula is C15H20N2S. The van der Waals surface area contributed by atoms with Crippen LogP contribution in [-0.2, 0) is 6.42 Å². The molecule has 18 heavy (non-hydrogen) atoms. The van der Waals surface area contributed by atoms with Crippen molar-refractivity contribution in [2.45, 2.75) is 32.7 Å². The Morgan fingerprint density at radius 1 is 1.28 bits per heavy atom. The van der Waals surface area contributed by atoms with E-state index in [2.05, 4.69) is 53.1 Å². The van der Waals surface area contributed by atoms with Crippen molar-refractivity contribution in [2.75, 3.05) is 7.05 Å². The van der Waals surface area contributed by atoms with Gasteiger partial charge in [0.25, 0.3) is 0 Å². The maximum Gasteiger partial charge on any atom is 0.0379 e. The molecule has 0 amide bonds. The molecule has 0 spiro atoms. The number of rotatable bonds is 5. The molecule has 0 radical (unpaired) electrons. The fourth-order valence-electron chi connectivity index (χ4n) is 2.29. The third kappa shape index (κ3) is 3.40. The number of hydrogen-bond acceptors (Lipinski definition) is 3. The Labute approximate surface area is 113 Å². The summed E-state index contributed by atoms with van der Waals surface area (Å²) in [7, 11) is 2.03. The first-order valence-corrected chi connectivity index (χ1v) is 7.27. The molecule has 1 N–H and O–H groups in total. The van der Waals surface area contributed by atoms with Gasteiger partial charge < -0.3 is 5.32 Å². The van der Waals surface area contributed by atoms with Crippen LogP contribution in [0.5, 0.6) is 0 Å². The maximum atomic E-state index is 4.43. The number of nitrogens with one attached hydrogen (secondary N) is 1. The standard InChI is InChI=1S/C15H20N2S/c1-11-8-14(9-12(2)17-11)15(16-3)5-4-13-6-7-18-10-13/h6-10,15-16H,4-5H2,1-3H3. The number of pyridine rings is 1. The van der Waals surface area contributed by atoms with Gasteiger partial charge in [-0.25, -0.2) is 0 Å². The van der Waals surface area contributed by atoms with Crippen LogP contribution in [0.3, 0.4) is 0 Å². The smallest absolute Gasteiger partial charge is 0.0379 e. The van der Waals surface area contributed by atoms with E-state index in [9.17, 15) is 0 Å². The first-order chi connectivity index (χ1) is 8.69. The highest BCUT2D eigenvalue weighted by molar-refractivity contribution is 7.07. The topological polar surface area (TPSA) is 24.9 Å². The Balaban J connectivity index is 2.07. The molecule has 2 aromatic heterocycles. The second-order valence-corrected chi connectivity index (χ2v) is 5.47. The van der Waals surface area contributed by atoms with Gasteiger partial charge >= 0.3 is 0 Å². The number of hydrogen-bond donors (Lipinski definition) is 1. The zero-order chi connectivity index (χ0) is 13.0. The third-order valence-electron chi connectivity index (χ3n) is 3.16. The molecule has 3 heteroatoms. The van der Waals surface area contributed by atoms with E-state index in [1.807, 2.05) is 7.05 Å². The Morgan fingerprint density at radius 2 is 2.00 bits per heavy atom. The van der Waals surface area contributed by atoms with Crippen molar-refractivity contribution >= 4 is 11.3 Å². The molecule has 2 rings (SSSR count). The summed E-state index contributed by atoms with van der Waals surface area (Å²) in [5.74, 6) is 0. The second-order valence-electron chi connectivity index (χ2n) is 4.69. The molecule has 1 atom stereocenters. The largest absolute Gasteiger partial charge is 0.313 e. The highest BCUT2D eigenvalue weighted by atomic mass is 32.1. The van der Waals surface area contributed by atoms with E-state index in [0.29, 0.717) is 6.04 Å². The molecule has 0 fully saturated rings. The minimum atomic E-state index is 0.408. The van der Waals surface area contributed by atoms with Crippen molar-refractivity contribution < 1.29 is 0 Å². The maximum absolute atomic E-state index is 4.43. The minimum absolute atomic E-state index is 0.408. The van der Waals surface area contributed by atoms with Crippen LogP contribution >= 0.6 is 11.3 Å². The number of aromatic nitrogens is 1. The Hall–Kier alpha value is -1.19. The normalized spacial score (nSPS) is 12.6. The highest BCUT2D eigenvalue weighted by Crippen LogP contribution is 2.21. The van der Waals surface area contributed by atoms with Gasteiger partial charge in [-0.05, 0) is 73.8 Å². The molecule has 2 aromatic rings. The molecule has 0 aliphatic rings. The number of thiophene rings is 1. The lowest BCUT2D eigenvalue weighted by atomic mass is 10.00. The first-order valence-electron chi connectivity index (χ1n) is 6.32. The van der Waals surface area contributed by atoms with Gasteiger partial charge in [-0.3, -0.25) is 4.98 Å². The van der Waals surface area contributed by atoms with Crippen LogP contribution in [0.15, 0.2) is 29.0 Å². The molecule has 2 nitrogen and oxygen atoms in total. The summed E-state index contributed by atoms with van der Waals surface area (Å²) in [5, 5.41) is 7.79. The van der Waals surface area contributed by atoms with E-state index in [0.717, 1.165) is 24.2 Å². The van der Waals surface area contributed by atoms with E-state index in [1.165, 1.54) is 11.1 Å². The van der Waals surface area contributed by atoms with E-state index in [-0.39, 0.29) is 0 Å². The van der Waals surface area contributed by atoms with Gasteiger partial charge in [0.15, 0.2) is 0 Å². The van der Waals surface area contributed by atoms with E-state index in [4.69, 9.17) is 0 Å². The minimum Gasteiger partial charge on any atom is -0.313 e. The lowest BCUT2D eigenvalue weighted by Crippen LogP contribution is -2.17. The van der Waals surface area contributed by atoms with Crippen LogP contribution in [0.2, 0.25) is 0 Å². The molecule has 0 saturated carbocycles. The van der Waals surface area contributed by atoms with Crippen LogP contribution in [0.4, 0.5) is 0 Å². The van der Waals surface area contributed by atoms with Crippen LogP contribution in [0.25, 0.3) is 0 Å². The van der Waals surface area contributed by atoms with Crippen molar-refractivity contribution in [3.63, 3.8) is 0 Å². The van der Waals surface area contributed by atoms with Crippen molar-refractivity contribution in [1.82, 2.24) is 10.3 Å².